The van der Waals surface area contributed by atoms with Crippen LogP contribution in [0.5, 0.6) is 0 Å². The molecule has 1 spiro atoms. The predicted octanol–water partition coefficient (Wildman–Crippen LogP) is 3.04. The maximum Gasteiger partial charge on any atom is 0.246 e. The fourth-order valence-corrected chi connectivity index (χ4v) is 6.61. The largest absolute Gasteiger partial charge is 0.394 e. The zero-order valence-corrected chi connectivity index (χ0v) is 21.7. The number of rotatable bonds is 6. The molecule has 2 bridgehead atoms. The second-order valence-electron chi connectivity index (χ2n) is 11.7. The molecule has 3 saturated heterocycles. The standard InChI is InChI=1S/C29H35N3O5/c1-27(2,3)31-25(35)23-29-16-15-28(4,37-29)21(24(34)30-19-13-9-6-10-14-19)22(29)26(36)32(23)20(17-33)18-11-7-5-8-12-18/h5-14,20-23,33H,15-17H2,1-4H3,(H,30,34)(H,31,35)/t20-,21-,22+,23?,28+,29?/m1/s1. The Morgan fingerprint density at radius 2 is 1.68 bits per heavy atom. The first kappa shape index (κ1) is 25.4. The summed E-state index contributed by atoms with van der Waals surface area (Å²) < 4.78 is 6.66. The van der Waals surface area contributed by atoms with Crippen LogP contribution < -0.4 is 10.6 Å². The minimum absolute atomic E-state index is 0.300. The van der Waals surface area contributed by atoms with E-state index in [1.165, 1.54) is 4.90 Å². The van der Waals surface area contributed by atoms with E-state index < -0.39 is 40.7 Å². The first-order valence-corrected chi connectivity index (χ1v) is 12.9. The lowest BCUT2D eigenvalue weighted by molar-refractivity contribution is -0.149. The Morgan fingerprint density at radius 3 is 2.27 bits per heavy atom. The molecule has 8 heteroatoms. The van der Waals surface area contributed by atoms with Crippen LogP contribution in [0, 0.1) is 11.8 Å². The third-order valence-electron chi connectivity index (χ3n) is 7.98. The van der Waals surface area contributed by atoms with E-state index in [0.29, 0.717) is 24.1 Å². The molecule has 2 aromatic carbocycles. The minimum atomic E-state index is -1.16. The van der Waals surface area contributed by atoms with Crippen molar-refractivity contribution in [1.82, 2.24) is 10.2 Å². The Kier molecular flexibility index (Phi) is 6.15. The van der Waals surface area contributed by atoms with E-state index in [9.17, 15) is 19.5 Å². The summed E-state index contributed by atoms with van der Waals surface area (Å²) in [7, 11) is 0. The molecule has 6 atom stereocenters. The van der Waals surface area contributed by atoms with Crippen LogP contribution in [0.25, 0.3) is 0 Å². The van der Waals surface area contributed by atoms with Gasteiger partial charge in [-0.15, -0.1) is 0 Å². The molecule has 2 unspecified atom stereocenters. The molecule has 3 aliphatic heterocycles. The first-order chi connectivity index (χ1) is 17.5. The van der Waals surface area contributed by atoms with E-state index >= 15 is 0 Å². The van der Waals surface area contributed by atoms with Crippen molar-refractivity contribution in [1.29, 1.82) is 0 Å². The highest BCUT2D eigenvalue weighted by molar-refractivity contribution is 6.02. The molecule has 3 amide bonds. The number of nitrogens with one attached hydrogen (secondary N) is 2. The number of anilines is 1. The summed E-state index contributed by atoms with van der Waals surface area (Å²) in [5, 5.41) is 16.5. The Hall–Kier alpha value is -3.23. The minimum Gasteiger partial charge on any atom is -0.394 e. The van der Waals surface area contributed by atoms with Gasteiger partial charge in [-0.1, -0.05) is 48.5 Å². The van der Waals surface area contributed by atoms with Crippen LogP contribution in [-0.4, -0.2) is 57.1 Å². The second kappa shape index (κ2) is 8.96. The van der Waals surface area contributed by atoms with Crippen molar-refractivity contribution >= 4 is 23.4 Å². The fraction of sp³-hybridized carbons (Fsp3) is 0.483. The molecule has 3 N–H and O–H groups in total. The van der Waals surface area contributed by atoms with Gasteiger partial charge in [0.25, 0.3) is 0 Å². The number of aliphatic hydroxyl groups excluding tert-OH is 1. The smallest absolute Gasteiger partial charge is 0.246 e. The maximum atomic E-state index is 14.3. The van der Waals surface area contributed by atoms with Crippen LogP contribution in [0.4, 0.5) is 5.69 Å². The number of likely N-dealkylation sites (tertiary alicyclic amines) is 1. The maximum absolute atomic E-state index is 14.3. The number of hydrogen-bond acceptors (Lipinski definition) is 5. The highest BCUT2D eigenvalue weighted by Crippen LogP contribution is 2.64. The Balaban J connectivity index is 1.59. The number of amides is 3. The van der Waals surface area contributed by atoms with Crippen molar-refractivity contribution in [2.75, 3.05) is 11.9 Å². The van der Waals surface area contributed by atoms with Gasteiger partial charge in [0.1, 0.15) is 11.6 Å². The van der Waals surface area contributed by atoms with E-state index in [2.05, 4.69) is 10.6 Å². The third kappa shape index (κ3) is 4.12. The summed E-state index contributed by atoms with van der Waals surface area (Å²) in [4.78, 5) is 43.4. The molecular weight excluding hydrogens is 470 g/mol. The Morgan fingerprint density at radius 1 is 1.05 bits per heavy atom. The van der Waals surface area contributed by atoms with Crippen LogP contribution in [0.2, 0.25) is 0 Å². The van der Waals surface area contributed by atoms with Crippen LogP contribution >= 0.6 is 0 Å². The van der Waals surface area contributed by atoms with Gasteiger partial charge < -0.3 is 25.4 Å². The average molecular weight is 506 g/mol. The molecule has 196 valence electrons. The topological polar surface area (TPSA) is 108 Å². The highest BCUT2D eigenvalue weighted by atomic mass is 16.5. The summed E-state index contributed by atoms with van der Waals surface area (Å²) in [6.45, 7) is 7.15. The van der Waals surface area contributed by atoms with Gasteiger partial charge in [0.15, 0.2) is 0 Å². The summed E-state index contributed by atoms with van der Waals surface area (Å²) in [6.07, 6.45) is 1.02. The van der Waals surface area contributed by atoms with Crippen molar-refractivity contribution in [2.24, 2.45) is 11.8 Å². The van der Waals surface area contributed by atoms with E-state index in [4.69, 9.17) is 4.74 Å². The summed E-state index contributed by atoms with van der Waals surface area (Å²) in [5.41, 5.74) is -1.24. The molecule has 3 aliphatic rings. The summed E-state index contributed by atoms with van der Waals surface area (Å²) >= 11 is 0. The number of para-hydroxylation sites is 1. The van der Waals surface area contributed by atoms with Crippen LogP contribution in [0.15, 0.2) is 60.7 Å². The van der Waals surface area contributed by atoms with Crippen molar-refractivity contribution in [2.45, 2.75) is 69.4 Å². The van der Waals surface area contributed by atoms with Crippen molar-refractivity contribution in [3.05, 3.63) is 66.2 Å². The zero-order chi connectivity index (χ0) is 26.6. The molecule has 3 heterocycles. The van der Waals surface area contributed by atoms with Gasteiger partial charge in [-0.2, -0.15) is 0 Å². The average Bonchev–Trinajstić information content (AvgIpc) is 3.41. The molecule has 0 radical (unpaired) electrons. The molecule has 0 aromatic heterocycles. The lowest BCUT2D eigenvalue weighted by Crippen LogP contribution is -2.59. The normalized spacial score (nSPS) is 31.2. The van der Waals surface area contributed by atoms with Crippen LogP contribution in [0.3, 0.4) is 0 Å². The van der Waals surface area contributed by atoms with Gasteiger partial charge in [0.2, 0.25) is 17.7 Å². The fourth-order valence-electron chi connectivity index (χ4n) is 6.61. The number of carbonyl (C=O) groups excluding carboxylic acids is 3. The second-order valence-corrected chi connectivity index (χ2v) is 11.7. The summed E-state index contributed by atoms with van der Waals surface area (Å²) in [6, 6.07) is 16.6. The summed E-state index contributed by atoms with van der Waals surface area (Å²) in [5.74, 6) is -2.60. The van der Waals surface area contributed by atoms with Gasteiger partial charge in [-0.05, 0) is 58.2 Å². The van der Waals surface area contributed by atoms with Crippen molar-refractivity contribution in [3.63, 3.8) is 0 Å². The number of aliphatic hydroxyl groups is 1. The molecule has 8 nitrogen and oxygen atoms in total. The van der Waals surface area contributed by atoms with Gasteiger partial charge in [0.05, 0.1) is 30.1 Å². The number of carbonyl (C=O) groups is 3. The van der Waals surface area contributed by atoms with E-state index in [-0.39, 0.29) is 24.3 Å². The van der Waals surface area contributed by atoms with Gasteiger partial charge in [0, 0.05) is 11.2 Å². The molecule has 5 rings (SSSR count). The molecule has 0 saturated carbocycles. The molecule has 0 aliphatic carbocycles. The van der Waals surface area contributed by atoms with Gasteiger partial charge in [-0.3, -0.25) is 14.4 Å². The number of fused-ring (bicyclic) bond motifs is 1. The Labute approximate surface area is 217 Å². The monoisotopic (exact) mass is 505 g/mol. The lowest BCUT2D eigenvalue weighted by Gasteiger charge is -2.38. The zero-order valence-electron chi connectivity index (χ0n) is 21.7. The molecule has 3 fully saturated rings. The van der Waals surface area contributed by atoms with E-state index in [1.807, 2.05) is 76.2 Å². The SMILES string of the molecule is CC(C)(C)NC(=O)C1N([C@H](CO)c2ccccc2)C(=O)[C@@H]2[C@H](C(=O)Nc3ccccc3)[C@]3(C)CCC12O3. The van der Waals surface area contributed by atoms with Crippen molar-refractivity contribution in [3.8, 4) is 0 Å². The van der Waals surface area contributed by atoms with E-state index in [1.54, 1.807) is 12.1 Å². The first-order valence-electron chi connectivity index (χ1n) is 12.9. The number of benzene rings is 2. The number of nitrogens with zero attached hydrogens (tertiary/aromatic N) is 1. The van der Waals surface area contributed by atoms with Gasteiger partial charge in [-0.25, -0.2) is 0 Å². The van der Waals surface area contributed by atoms with E-state index in [0.717, 1.165) is 0 Å². The molecule has 37 heavy (non-hydrogen) atoms. The number of ether oxygens (including phenoxy) is 1. The highest BCUT2D eigenvalue weighted by Gasteiger charge is 2.78. The number of hydrogen-bond donors (Lipinski definition) is 3. The third-order valence-corrected chi connectivity index (χ3v) is 7.98. The molecular formula is C29H35N3O5. The lowest BCUT2D eigenvalue weighted by atomic mass is 9.66. The van der Waals surface area contributed by atoms with Gasteiger partial charge >= 0.3 is 0 Å². The quantitative estimate of drug-likeness (QED) is 0.559. The van der Waals surface area contributed by atoms with Crippen LogP contribution in [0.1, 0.15) is 52.1 Å². The predicted molar refractivity (Wildman–Crippen MR) is 138 cm³/mol. The van der Waals surface area contributed by atoms with Crippen LogP contribution in [-0.2, 0) is 19.1 Å². The van der Waals surface area contributed by atoms with Crippen molar-refractivity contribution < 1.29 is 24.2 Å². The molecule has 2 aromatic rings. The Bertz CT molecular complexity index is 1200.